The van der Waals surface area contributed by atoms with Crippen molar-refractivity contribution in [3.63, 3.8) is 0 Å². The Bertz CT molecular complexity index is 142. The van der Waals surface area contributed by atoms with Gasteiger partial charge in [-0.05, 0) is 26.7 Å². The van der Waals surface area contributed by atoms with Crippen LogP contribution < -0.4 is 0 Å². The first-order valence-corrected chi connectivity index (χ1v) is 6.14. The van der Waals surface area contributed by atoms with Gasteiger partial charge in [0.1, 0.15) is 0 Å². The predicted molar refractivity (Wildman–Crippen MR) is 65.7 cm³/mol. The van der Waals surface area contributed by atoms with Gasteiger partial charge in [-0.25, -0.2) is 0 Å². The predicted octanol–water partition coefficient (Wildman–Crippen LogP) is 1.13. The van der Waals surface area contributed by atoms with Gasteiger partial charge in [0, 0.05) is 39.5 Å². The molecule has 1 N–H and O–H groups in total. The minimum absolute atomic E-state index is 0.271. The summed E-state index contributed by atoms with van der Waals surface area (Å²) in [5.41, 5.74) is 0. The highest BCUT2D eigenvalue weighted by Gasteiger charge is 2.07. The highest BCUT2D eigenvalue weighted by Crippen LogP contribution is 2.01. The summed E-state index contributed by atoms with van der Waals surface area (Å²) in [5, 5.41) is 8.80. The molecule has 0 aromatic rings. The molecule has 4 nitrogen and oxygen atoms in total. The van der Waals surface area contributed by atoms with E-state index in [4.69, 9.17) is 14.6 Å². The lowest BCUT2D eigenvalue weighted by atomic mass is 10.2. The van der Waals surface area contributed by atoms with E-state index in [9.17, 15) is 0 Å². The Hall–Kier alpha value is -0.160. The van der Waals surface area contributed by atoms with E-state index in [1.165, 1.54) is 0 Å². The third kappa shape index (κ3) is 9.09. The molecule has 0 rings (SSSR count). The van der Waals surface area contributed by atoms with Crippen molar-refractivity contribution in [1.29, 1.82) is 0 Å². The SMILES string of the molecule is COCCOCCCN(CCCO)C(C)C. The van der Waals surface area contributed by atoms with Crippen molar-refractivity contribution in [1.82, 2.24) is 4.90 Å². The summed E-state index contributed by atoms with van der Waals surface area (Å²) in [6, 6.07) is 0.533. The van der Waals surface area contributed by atoms with Crippen molar-refractivity contribution >= 4 is 0 Å². The van der Waals surface area contributed by atoms with Gasteiger partial charge in [0.2, 0.25) is 0 Å². The number of aliphatic hydroxyl groups excluding tert-OH is 1. The molecule has 0 aliphatic carbocycles. The average molecular weight is 233 g/mol. The first kappa shape index (κ1) is 15.8. The van der Waals surface area contributed by atoms with Crippen molar-refractivity contribution in [3.8, 4) is 0 Å². The molecule has 0 spiro atoms. The summed E-state index contributed by atoms with van der Waals surface area (Å²) in [4.78, 5) is 2.37. The maximum atomic E-state index is 8.80. The first-order valence-electron chi connectivity index (χ1n) is 6.14. The molecule has 4 heteroatoms. The molecule has 0 saturated carbocycles. The fourth-order valence-electron chi connectivity index (χ4n) is 1.52. The minimum atomic E-state index is 0.271. The molecule has 0 aliphatic heterocycles. The van der Waals surface area contributed by atoms with Crippen LogP contribution >= 0.6 is 0 Å². The van der Waals surface area contributed by atoms with E-state index in [-0.39, 0.29) is 6.61 Å². The molecule has 98 valence electrons. The lowest BCUT2D eigenvalue weighted by Crippen LogP contribution is -2.33. The summed E-state index contributed by atoms with van der Waals surface area (Å²) >= 11 is 0. The van der Waals surface area contributed by atoms with Crippen molar-refractivity contribution in [2.24, 2.45) is 0 Å². The van der Waals surface area contributed by atoms with E-state index in [0.717, 1.165) is 32.5 Å². The maximum Gasteiger partial charge on any atom is 0.0700 e. The van der Waals surface area contributed by atoms with E-state index in [1.54, 1.807) is 7.11 Å². The van der Waals surface area contributed by atoms with Gasteiger partial charge in [0.05, 0.1) is 13.2 Å². The van der Waals surface area contributed by atoms with Gasteiger partial charge in [0.15, 0.2) is 0 Å². The molecule has 0 bridgehead atoms. The van der Waals surface area contributed by atoms with Crippen molar-refractivity contribution in [3.05, 3.63) is 0 Å². The van der Waals surface area contributed by atoms with Gasteiger partial charge in [-0.2, -0.15) is 0 Å². The monoisotopic (exact) mass is 233 g/mol. The van der Waals surface area contributed by atoms with E-state index < -0.39 is 0 Å². The molecule has 16 heavy (non-hydrogen) atoms. The Morgan fingerprint density at radius 1 is 1.06 bits per heavy atom. The molecular formula is C12H27NO3. The van der Waals surface area contributed by atoms with Crippen LogP contribution in [0, 0.1) is 0 Å². The van der Waals surface area contributed by atoms with Crippen LogP contribution in [0.2, 0.25) is 0 Å². The number of rotatable bonds is 11. The molecule has 0 atom stereocenters. The quantitative estimate of drug-likeness (QED) is 0.543. The third-order valence-electron chi connectivity index (χ3n) is 2.50. The Balaban J connectivity index is 3.44. The first-order chi connectivity index (χ1) is 7.72. The highest BCUT2D eigenvalue weighted by atomic mass is 16.5. The highest BCUT2D eigenvalue weighted by molar-refractivity contribution is 4.62. The number of aliphatic hydroxyl groups is 1. The molecule has 0 saturated heterocycles. The Morgan fingerprint density at radius 3 is 2.31 bits per heavy atom. The van der Waals surface area contributed by atoms with Crippen LogP contribution in [0.25, 0.3) is 0 Å². The third-order valence-corrected chi connectivity index (χ3v) is 2.50. The second-order valence-electron chi connectivity index (χ2n) is 4.17. The summed E-state index contributed by atoms with van der Waals surface area (Å²) in [6.45, 7) is 8.76. The largest absolute Gasteiger partial charge is 0.396 e. The zero-order chi connectivity index (χ0) is 12.2. The summed E-state index contributed by atoms with van der Waals surface area (Å²) in [7, 11) is 1.68. The van der Waals surface area contributed by atoms with Crippen molar-refractivity contribution < 1.29 is 14.6 Å². The Labute approximate surface area is 99.5 Å². The summed E-state index contributed by atoms with van der Waals surface area (Å²) in [6.07, 6.45) is 1.88. The number of hydrogen-bond donors (Lipinski definition) is 1. The molecule has 0 heterocycles. The van der Waals surface area contributed by atoms with Crippen LogP contribution in [0.1, 0.15) is 26.7 Å². The summed E-state index contributed by atoms with van der Waals surface area (Å²) < 4.78 is 10.3. The average Bonchev–Trinajstić information content (AvgIpc) is 2.26. The molecular weight excluding hydrogens is 206 g/mol. The van der Waals surface area contributed by atoms with Gasteiger partial charge in [-0.15, -0.1) is 0 Å². The zero-order valence-corrected chi connectivity index (χ0v) is 10.9. The Morgan fingerprint density at radius 2 is 1.75 bits per heavy atom. The maximum absolute atomic E-state index is 8.80. The minimum Gasteiger partial charge on any atom is -0.396 e. The van der Waals surface area contributed by atoms with Crippen LogP contribution in [0.3, 0.4) is 0 Å². The van der Waals surface area contributed by atoms with Crippen LogP contribution in [0.5, 0.6) is 0 Å². The topological polar surface area (TPSA) is 41.9 Å². The van der Waals surface area contributed by atoms with Gasteiger partial charge < -0.3 is 19.5 Å². The van der Waals surface area contributed by atoms with Gasteiger partial charge in [-0.3, -0.25) is 0 Å². The molecule has 0 aliphatic rings. The van der Waals surface area contributed by atoms with Crippen LogP contribution in [-0.4, -0.2) is 62.7 Å². The Kier molecular flexibility index (Phi) is 11.2. The van der Waals surface area contributed by atoms with Crippen LogP contribution in [0.15, 0.2) is 0 Å². The van der Waals surface area contributed by atoms with Gasteiger partial charge in [-0.1, -0.05) is 0 Å². The normalized spacial score (nSPS) is 11.6. The number of ether oxygens (including phenoxy) is 2. The van der Waals surface area contributed by atoms with Crippen molar-refractivity contribution in [2.45, 2.75) is 32.7 Å². The lowest BCUT2D eigenvalue weighted by Gasteiger charge is -2.26. The van der Waals surface area contributed by atoms with E-state index in [0.29, 0.717) is 19.3 Å². The van der Waals surface area contributed by atoms with Gasteiger partial charge in [0.25, 0.3) is 0 Å². The second-order valence-corrected chi connectivity index (χ2v) is 4.17. The van der Waals surface area contributed by atoms with E-state index >= 15 is 0 Å². The van der Waals surface area contributed by atoms with E-state index in [1.807, 2.05) is 0 Å². The lowest BCUT2D eigenvalue weighted by molar-refractivity contribution is 0.0631. The molecule has 0 aromatic heterocycles. The molecule has 0 unspecified atom stereocenters. The fourth-order valence-corrected chi connectivity index (χ4v) is 1.52. The number of nitrogens with zero attached hydrogens (tertiary/aromatic N) is 1. The molecule has 0 amide bonds. The summed E-state index contributed by atoms with van der Waals surface area (Å²) in [5.74, 6) is 0. The van der Waals surface area contributed by atoms with Crippen LogP contribution in [0.4, 0.5) is 0 Å². The fraction of sp³-hybridized carbons (Fsp3) is 1.00. The number of methoxy groups -OCH3 is 1. The standard InChI is InChI=1S/C12H27NO3/c1-12(2)13(6-4-8-14)7-5-9-16-11-10-15-3/h12,14H,4-11H2,1-3H3. The van der Waals surface area contributed by atoms with E-state index in [2.05, 4.69) is 18.7 Å². The van der Waals surface area contributed by atoms with Gasteiger partial charge >= 0.3 is 0 Å². The smallest absolute Gasteiger partial charge is 0.0700 e. The molecule has 0 fully saturated rings. The zero-order valence-electron chi connectivity index (χ0n) is 10.9. The second kappa shape index (κ2) is 11.3. The molecule has 0 radical (unpaired) electrons. The van der Waals surface area contributed by atoms with Crippen molar-refractivity contribution in [2.75, 3.05) is 46.6 Å². The molecule has 0 aromatic carbocycles. The number of hydrogen-bond acceptors (Lipinski definition) is 4. The van der Waals surface area contributed by atoms with Crippen LogP contribution in [-0.2, 0) is 9.47 Å².